The molecule has 0 aliphatic heterocycles. The maximum Gasteiger partial charge on any atom is 0.283 e. The number of aromatic nitrogens is 2. The van der Waals surface area contributed by atoms with Gasteiger partial charge in [-0.05, 0) is 59.5 Å². The molecule has 0 unspecified atom stereocenters. The van der Waals surface area contributed by atoms with E-state index in [-0.39, 0.29) is 11.4 Å². The van der Waals surface area contributed by atoms with Crippen LogP contribution >= 0.6 is 15.9 Å². The Kier molecular flexibility index (Phi) is 5.12. The van der Waals surface area contributed by atoms with Crippen molar-refractivity contribution < 1.29 is 4.39 Å². The molecule has 0 aliphatic rings. The summed E-state index contributed by atoms with van der Waals surface area (Å²) in [5, 5.41) is 7.25. The van der Waals surface area contributed by atoms with Crippen molar-refractivity contribution in [2.24, 2.45) is 0 Å². The van der Waals surface area contributed by atoms with Gasteiger partial charge in [0.05, 0.1) is 11.9 Å². The second-order valence-corrected chi connectivity index (χ2v) is 5.53. The third kappa shape index (κ3) is 3.69. The van der Waals surface area contributed by atoms with E-state index < -0.39 is 0 Å². The Morgan fingerprint density at radius 1 is 1.43 bits per heavy atom. The second kappa shape index (κ2) is 6.85. The van der Waals surface area contributed by atoms with Gasteiger partial charge < -0.3 is 5.32 Å². The largest absolute Gasteiger partial charge is 0.382 e. The third-order valence-corrected chi connectivity index (χ3v) is 4.07. The quantitative estimate of drug-likeness (QED) is 0.898. The van der Waals surface area contributed by atoms with Crippen LogP contribution < -0.4 is 10.9 Å². The molecule has 0 saturated carbocycles. The predicted octanol–water partition coefficient (Wildman–Crippen LogP) is 3.13. The van der Waals surface area contributed by atoms with Crippen LogP contribution in [-0.2, 0) is 13.0 Å². The molecular weight excluding hydrogens is 337 g/mol. The monoisotopic (exact) mass is 353 g/mol. The van der Waals surface area contributed by atoms with Gasteiger partial charge in [-0.2, -0.15) is 5.10 Å². The van der Waals surface area contributed by atoms with Gasteiger partial charge in [-0.1, -0.05) is 6.07 Å². The van der Waals surface area contributed by atoms with Crippen LogP contribution in [0.3, 0.4) is 0 Å². The Morgan fingerprint density at radius 3 is 2.86 bits per heavy atom. The number of nitrogens with zero attached hydrogens (tertiary/aromatic N) is 2. The lowest BCUT2D eigenvalue weighted by Crippen LogP contribution is -2.24. The fourth-order valence-electron chi connectivity index (χ4n) is 2.09. The number of hydrogen-bond acceptors (Lipinski definition) is 3. The number of anilines is 1. The van der Waals surface area contributed by atoms with E-state index in [2.05, 4.69) is 26.3 Å². The normalized spacial score (nSPS) is 10.7. The second-order valence-electron chi connectivity index (χ2n) is 4.74. The van der Waals surface area contributed by atoms with E-state index in [1.165, 1.54) is 16.8 Å². The number of nitrogens with one attached hydrogen (secondary N) is 1. The van der Waals surface area contributed by atoms with Crippen LogP contribution in [0.2, 0.25) is 0 Å². The van der Waals surface area contributed by atoms with Crippen LogP contribution in [0.25, 0.3) is 0 Å². The first-order valence-electron chi connectivity index (χ1n) is 6.77. The Balaban J connectivity index is 2.04. The topological polar surface area (TPSA) is 46.9 Å². The van der Waals surface area contributed by atoms with E-state index in [0.29, 0.717) is 23.2 Å². The lowest BCUT2D eigenvalue weighted by atomic mass is 10.1. The molecule has 1 N–H and O–H groups in total. The van der Waals surface area contributed by atoms with Gasteiger partial charge >= 0.3 is 0 Å². The molecule has 21 heavy (non-hydrogen) atoms. The van der Waals surface area contributed by atoms with Crippen LogP contribution in [-0.4, -0.2) is 16.3 Å². The summed E-state index contributed by atoms with van der Waals surface area (Å²) in [6.45, 7) is 4.93. The number of benzene rings is 1. The minimum Gasteiger partial charge on any atom is -0.382 e. The van der Waals surface area contributed by atoms with Crippen molar-refractivity contribution in [3.8, 4) is 0 Å². The summed E-state index contributed by atoms with van der Waals surface area (Å²) in [6.07, 6.45) is 2.38. The molecule has 0 atom stereocenters. The van der Waals surface area contributed by atoms with Crippen LogP contribution in [0.5, 0.6) is 0 Å². The highest BCUT2D eigenvalue weighted by atomic mass is 79.9. The average Bonchev–Trinajstić information content (AvgIpc) is 2.46. The maximum atomic E-state index is 13.0. The number of rotatable bonds is 5. The van der Waals surface area contributed by atoms with Crippen LogP contribution in [0.15, 0.2) is 33.7 Å². The van der Waals surface area contributed by atoms with Gasteiger partial charge in [-0.15, -0.1) is 0 Å². The van der Waals surface area contributed by atoms with Gasteiger partial charge in [-0.25, -0.2) is 9.07 Å². The predicted molar refractivity (Wildman–Crippen MR) is 85.2 cm³/mol. The molecule has 6 heteroatoms. The van der Waals surface area contributed by atoms with Crippen LogP contribution in [0.4, 0.5) is 10.1 Å². The first-order chi connectivity index (χ1) is 10.0. The molecular formula is C15H17BrFN3O. The fraction of sp³-hybridized carbons (Fsp3) is 0.333. The van der Waals surface area contributed by atoms with E-state index >= 15 is 0 Å². The number of aryl methyl sites for hydroxylation is 2. The van der Waals surface area contributed by atoms with E-state index in [4.69, 9.17) is 0 Å². The summed E-state index contributed by atoms with van der Waals surface area (Å²) >= 11 is 3.30. The highest BCUT2D eigenvalue weighted by molar-refractivity contribution is 9.10. The number of halogens is 2. The number of hydrogen-bond donors (Lipinski definition) is 1. The minimum absolute atomic E-state index is 0.152. The molecule has 112 valence electrons. The van der Waals surface area contributed by atoms with Crippen molar-refractivity contribution in [2.75, 3.05) is 11.9 Å². The van der Waals surface area contributed by atoms with E-state index in [9.17, 15) is 9.18 Å². The first-order valence-corrected chi connectivity index (χ1v) is 7.56. The summed E-state index contributed by atoms with van der Waals surface area (Å²) in [4.78, 5) is 11.9. The van der Waals surface area contributed by atoms with Crippen molar-refractivity contribution in [3.63, 3.8) is 0 Å². The summed E-state index contributed by atoms with van der Waals surface area (Å²) in [7, 11) is 0. The molecule has 0 radical (unpaired) electrons. The Bertz CT molecular complexity index is 700. The fourth-order valence-corrected chi connectivity index (χ4v) is 2.53. The molecule has 1 heterocycles. The Hall–Kier alpha value is -1.69. The highest BCUT2D eigenvalue weighted by Crippen LogP contribution is 2.17. The van der Waals surface area contributed by atoms with Crippen molar-refractivity contribution in [3.05, 3.63) is 56.2 Å². The molecule has 2 aromatic rings. The van der Waals surface area contributed by atoms with E-state index in [1.54, 1.807) is 12.3 Å². The van der Waals surface area contributed by atoms with Gasteiger partial charge in [-0.3, -0.25) is 4.79 Å². The zero-order chi connectivity index (χ0) is 15.4. The maximum absolute atomic E-state index is 13.0. The lowest BCUT2D eigenvalue weighted by Gasteiger charge is -2.10. The molecule has 0 aliphatic carbocycles. The molecule has 0 bridgehead atoms. The Labute approximate surface area is 131 Å². The lowest BCUT2D eigenvalue weighted by molar-refractivity contribution is 0.613. The van der Waals surface area contributed by atoms with Crippen LogP contribution in [0, 0.1) is 12.7 Å². The zero-order valence-corrected chi connectivity index (χ0v) is 13.6. The zero-order valence-electron chi connectivity index (χ0n) is 12.0. The standard InChI is InChI=1S/C15H17BrFN3O/c1-3-20-15(21)14(16)13(9-19-20)18-7-6-11-4-5-12(17)8-10(11)2/h4-5,8-9,18H,3,6-7H2,1-2H3. The van der Waals surface area contributed by atoms with Crippen molar-refractivity contribution in [1.82, 2.24) is 9.78 Å². The Morgan fingerprint density at radius 2 is 2.19 bits per heavy atom. The van der Waals surface area contributed by atoms with Gasteiger partial charge in [0.25, 0.3) is 5.56 Å². The molecule has 1 aromatic heterocycles. The van der Waals surface area contributed by atoms with Gasteiger partial charge in [0.15, 0.2) is 0 Å². The SMILES string of the molecule is CCn1ncc(NCCc2ccc(F)cc2C)c(Br)c1=O. The summed E-state index contributed by atoms with van der Waals surface area (Å²) in [5.74, 6) is -0.223. The average molecular weight is 354 g/mol. The summed E-state index contributed by atoms with van der Waals surface area (Å²) in [6, 6.07) is 4.77. The molecule has 4 nitrogen and oxygen atoms in total. The smallest absolute Gasteiger partial charge is 0.283 e. The minimum atomic E-state index is -0.223. The first kappa shape index (κ1) is 15.7. The molecule has 0 saturated heterocycles. The molecule has 1 aromatic carbocycles. The molecule has 0 fully saturated rings. The van der Waals surface area contributed by atoms with Crippen molar-refractivity contribution in [2.45, 2.75) is 26.8 Å². The highest BCUT2D eigenvalue weighted by Gasteiger charge is 2.07. The van der Waals surface area contributed by atoms with Crippen molar-refractivity contribution in [1.29, 1.82) is 0 Å². The van der Waals surface area contributed by atoms with Gasteiger partial charge in [0.2, 0.25) is 0 Å². The third-order valence-electron chi connectivity index (χ3n) is 3.30. The van der Waals surface area contributed by atoms with Gasteiger partial charge in [0.1, 0.15) is 10.3 Å². The van der Waals surface area contributed by atoms with Gasteiger partial charge in [0, 0.05) is 13.1 Å². The summed E-state index contributed by atoms with van der Waals surface area (Å²) < 4.78 is 14.9. The molecule has 0 spiro atoms. The summed E-state index contributed by atoms with van der Waals surface area (Å²) in [5.41, 5.74) is 2.52. The van der Waals surface area contributed by atoms with E-state index in [0.717, 1.165) is 17.5 Å². The molecule has 0 amide bonds. The molecule has 2 rings (SSSR count). The van der Waals surface area contributed by atoms with E-state index in [1.807, 2.05) is 13.8 Å². The van der Waals surface area contributed by atoms with Crippen LogP contribution in [0.1, 0.15) is 18.1 Å². The van der Waals surface area contributed by atoms with Crippen molar-refractivity contribution >= 4 is 21.6 Å².